The highest BCUT2D eigenvalue weighted by molar-refractivity contribution is 6.11. The maximum absolute atomic E-state index is 12.6. The molecule has 3 heterocycles. The summed E-state index contributed by atoms with van der Waals surface area (Å²) in [5, 5.41) is 0. The first-order chi connectivity index (χ1) is 8.65. The highest BCUT2D eigenvalue weighted by Gasteiger charge is 2.54. The summed E-state index contributed by atoms with van der Waals surface area (Å²) in [6.45, 7) is 5.92. The van der Waals surface area contributed by atoms with Gasteiger partial charge >= 0.3 is 0 Å². The number of rotatable bonds is 6. The van der Waals surface area contributed by atoms with E-state index in [2.05, 4.69) is 4.90 Å². The van der Waals surface area contributed by atoms with E-state index in [1.165, 1.54) is 12.8 Å². The Labute approximate surface area is 110 Å². The molecule has 0 atom stereocenters. The van der Waals surface area contributed by atoms with Gasteiger partial charge in [-0.15, -0.1) is 0 Å². The summed E-state index contributed by atoms with van der Waals surface area (Å²) in [6.07, 6.45) is 5.93. The Morgan fingerprint density at radius 2 is 1.56 bits per heavy atom. The number of Topliss-reactive ketones (excluding diaryl/α,β-unsaturated/α-hetero) is 2. The second-order valence-corrected chi connectivity index (χ2v) is 5.84. The number of fused-ring (bicyclic) bond motifs is 3. The van der Waals surface area contributed by atoms with Crippen molar-refractivity contribution in [3.05, 3.63) is 0 Å². The normalized spacial score (nSPS) is 29.2. The molecule has 0 saturated carbocycles. The van der Waals surface area contributed by atoms with Crippen LogP contribution in [0.25, 0.3) is 0 Å². The van der Waals surface area contributed by atoms with Gasteiger partial charge in [0.2, 0.25) is 0 Å². The Kier molecular flexibility index (Phi) is 4.21. The summed E-state index contributed by atoms with van der Waals surface area (Å²) >= 11 is 0. The monoisotopic (exact) mass is 251 g/mol. The minimum atomic E-state index is -0.729. The molecule has 102 valence electrons. The molecule has 0 radical (unpaired) electrons. The molecule has 0 N–H and O–H groups in total. The lowest BCUT2D eigenvalue weighted by atomic mass is 9.68. The number of hydrogen-bond donors (Lipinski definition) is 0. The van der Waals surface area contributed by atoms with Crippen LogP contribution in [-0.2, 0) is 9.59 Å². The zero-order chi connectivity index (χ0) is 13.2. The summed E-state index contributed by atoms with van der Waals surface area (Å²) < 4.78 is 0. The minimum Gasteiger partial charge on any atom is -0.297 e. The first-order valence-electron chi connectivity index (χ1n) is 7.46. The van der Waals surface area contributed by atoms with Gasteiger partial charge in [-0.25, -0.2) is 0 Å². The lowest BCUT2D eigenvalue weighted by Crippen LogP contribution is -2.66. The molecule has 3 saturated heterocycles. The van der Waals surface area contributed by atoms with E-state index in [0.29, 0.717) is 18.8 Å². The molecule has 3 fully saturated rings. The fourth-order valence-corrected chi connectivity index (χ4v) is 3.67. The molecule has 0 aliphatic carbocycles. The van der Waals surface area contributed by atoms with E-state index in [0.717, 1.165) is 32.4 Å². The Balaban J connectivity index is 2.28. The number of carbonyl (C=O) groups is 2. The van der Waals surface area contributed by atoms with Crippen LogP contribution in [0, 0.1) is 5.92 Å². The van der Waals surface area contributed by atoms with E-state index in [4.69, 9.17) is 0 Å². The van der Waals surface area contributed by atoms with Crippen molar-refractivity contribution in [1.29, 1.82) is 0 Å². The quantitative estimate of drug-likeness (QED) is 0.681. The minimum absolute atomic E-state index is 0.188. The molecule has 0 spiro atoms. The summed E-state index contributed by atoms with van der Waals surface area (Å²) in [6, 6.07) is 0. The van der Waals surface area contributed by atoms with E-state index >= 15 is 0 Å². The lowest BCUT2D eigenvalue weighted by molar-refractivity contribution is -0.153. The topological polar surface area (TPSA) is 37.4 Å². The highest BCUT2D eigenvalue weighted by atomic mass is 16.2. The third-order valence-electron chi connectivity index (χ3n) is 4.62. The SMILES string of the molecule is CCCC(=O)C1(C(=O)CCC)CC2CCN1CC2. The molecular weight excluding hydrogens is 226 g/mol. The van der Waals surface area contributed by atoms with Crippen LogP contribution >= 0.6 is 0 Å². The van der Waals surface area contributed by atoms with Crippen LogP contribution in [0.15, 0.2) is 0 Å². The lowest BCUT2D eigenvalue weighted by Gasteiger charge is -2.52. The largest absolute Gasteiger partial charge is 0.297 e. The Morgan fingerprint density at radius 3 is 1.89 bits per heavy atom. The molecule has 3 aliphatic rings. The van der Waals surface area contributed by atoms with Crippen molar-refractivity contribution < 1.29 is 9.59 Å². The van der Waals surface area contributed by atoms with Gasteiger partial charge in [-0.1, -0.05) is 13.8 Å². The molecule has 3 aliphatic heterocycles. The van der Waals surface area contributed by atoms with E-state index in [9.17, 15) is 9.59 Å². The predicted octanol–water partition coefficient (Wildman–Crippen LogP) is 2.58. The van der Waals surface area contributed by atoms with Gasteiger partial charge < -0.3 is 0 Å². The van der Waals surface area contributed by atoms with Crippen molar-refractivity contribution in [3.63, 3.8) is 0 Å². The first-order valence-corrected chi connectivity index (χ1v) is 7.46. The second-order valence-electron chi connectivity index (χ2n) is 5.84. The van der Waals surface area contributed by atoms with E-state index in [-0.39, 0.29) is 11.6 Å². The van der Waals surface area contributed by atoms with Gasteiger partial charge in [0.15, 0.2) is 11.6 Å². The number of ketones is 2. The molecule has 3 rings (SSSR count). The van der Waals surface area contributed by atoms with Crippen LogP contribution in [0.4, 0.5) is 0 Å². The summed E-state index contributed by atoms with van der Waals surface area (Å²) in [4.78, 5) is 27.3. The number of piperidine rings is 3. The van der Waals surface area contributed by atoms with Gasteiger partial charge in [-0.3, -0.25) is 14.5 Å². The van der Waals surface area contributed by atoms with Gasteiger partial charge in [0.1, 0.15) is 5.54 Å². The van der Waals surface area contributed by atoms with E-state index in [1.54, 1.807) is 0 Å². The highest BCUT2D eigenvalue weighted by Crippen LogP contribution is 2.41. The fourth-order valence-electron chi connectivity index (χ4n) is 3.67. The van der Waals surface area contributed by atoms with Crippen molar-refractivity contribution in [1.82, 2.24) is 4.90 Å². The van der Waals surface area contributed by atoms with Crippen molar-refractivity contribution in [2.24, 2.45) is 5.92 Å². The van der Waals surface area contributed by atoms with Gasteiger partial charge in [0.25, 0.3) is 0 Å². The second kappa shape index (κ2) is 5.52. The zero-order valence-corrected chi connectivity index (χ0v) is 11.7. The number of carbonyl (C=O) groups excluding carboxylic acids is 2. The predicted molar refractivity (Wildman–Crippen MR) is 71.5 cm³/mol. The van der Waals surface area contributed by atoms with E-state index in [1.807, 2.05) is 13.8 Å². The van der Waals surface area contributed by atoms with Crippen LogP contribution < -0.4 is 0 Å². The van der Waals surface area contributed by atoms with Crippen LogP contribution in [0.5, 0.6) is 0 Å². The van der Waals surface area contributed by atoms with Crippen LogP contribution in [0.2, 0.25) is 0 Å². The van der Waals surface area contributed by atoms with Crippen molar-refractivity contribution in [2.45, 2.75) is 64.3 Å². The third kappa shape index (κ3) is 2.13. The summed E-state index contributed by atoms with van der Waals surface area (Å²) in [5.41, 5.74) is -0.729. The molecule has 0 unspecified atom stereocenters. The van der Waals surface area contributed by atoms with Gasteiger partial charge in [-0.2, -0.15) is 0 Å². The molecule has 0 aromatic heterocycles. The maximum Gasteiger partial charge on any atom is 0.160 e. The van der Waals surface area contributed by atoms with Crippen LogP contribution in [0.1, 0.15) is 58.8 Å². The summed E-state index contributed by atoms with van der Waals surface area (Å²) in [5.74, 6) is 0.970. The third-order valence-corrected chi connectivity index (χ3v) is 4.62. The van der Waals surface area contributed by atoms with Crippen molar-refractivity contribution in [2.75, 3.05) is 13.1 Å². The average Bonchev–Trinajstić information content (AvgIpc) is 2.40. The zero-order valence-electron chi connectivity index (χ0n) is 11.7. The van der Waals surface area contributed by atoms with Crippen molar-refractivity contribution >= 4 is 11.6 Å². The smallest absolute Gasteiger partial charge is 0.160 e. The average molecular weight is 251 g/mol. The molecule has 2 bridgehead atoms. The molecule has 18 heavy (non-hydrogen) atoms. The Morgan fingerprint density at radius 1 is 1.06 bits per heavy atom. The van der Waals surface area contributed by atoms with Crippen molar-refractivity contribution in [3.8, 4) is 0 Å². The molecule has 0 aromatic carbocycles. The van der Waals surface area contributed by atoms with E-state index < -0.39 is 5.54 Å². The molecule has 0 aromatic rings. The van der Waals surface area contributed by atoms with Gasteiger partial charge in [0, 0.05) is 12.8 Å². The Bertz CT molecular complexity index is 311. The first kappa shape index (κ1) is 13.7. The molecule has 3 nitrogen and oxygen atoms in total. The molecule has 0 amide bonds. The number of hydrogen-bond acceptors (Lipinski definition) is 3. The standard InChI is InChI=1S/C15H25NO2/c1-3-5-13(17)15(14(18)6-4-2)11-12-7-9-16(15)10-8-12/h12H,3-11H2,1-2H3. The fraction of sp³-hybridized carbons (Fsp3) is 0.867. The maximum atomic E-state index is 12.6. The van der Waals surface area contributed by atoms with Crippen LogP contribution in [0.3, 0.4) is 0 Å². The van der Waals surface area contributed by atoms with Gasteiger partial charge in [0.05, 0.1) is 0 Å². The Hall–Kier alpha value is -0.700. The van der Waals surface area contributed by atoms with Gasteiger partial charge in [-0.05, 0) is 51.1 Å². The summed E-state index contributed by atoms with van der Waals surface area (Å²) in [7, 11) is 0. The molecule has 3 heteroatoms. The number of nitrogens with zero attached hydrogens (tertiary/aromatic N) is 1. The van der Waals surface area contributed by atoms with Crippen LogP contribution in [-0.4, -0.2) is 35.1 Å². The molecular formula is C15H25NO2.